The van der Waals surface area contributed by atoms with E-state index in [2.05, 4.69) is 33.1 Å². The number of aromatic nitrogens is 1. The molecular formula is C31H34FN3O2. The standard InChI is InChI=1S/C31H34FN3O2/c1-37-26-14-10-24(11-15-26)28(20-31(36)33-16-19-34-17-4-5-18-34)29-22-35(30-7-3-2-6-27(29)30)21-23-8-12-25(32)13-9-23/h2-3,6-15,22,28H,4-5,16-21H2,1H3,(H,33,36). The summed E-state index contributed by atoms with van der Waals surface area (Å²) >= 11 is 0. The third-order valence-electron chi connectivity index (χ3n) is 7.32. The number of para-hydroxylation sites is 1. The Bertz CT molecular complexity index is 1330. The van der Waals surface area contributed by atoms with Gasteiger partial charge >= 0.3 is 0 Å². The van der Waals surface area contributed by atoms with Crippen LogP contribution in [0, 0.1) is 5.82 Å². The minimum Gasteiger partial charge on any atom is -0.497 e. The Labute approximate surface area is 217 Å². The first kappa shape index (κ1) is 25.0. The topological polar surface area (TPSA) is 46.5 Å². The highest BCUT2D eigenvalue weighted by Gasteiger charge is 2.23. The Morgan fingerprint density at radius 1 is 1.00 bits per heavy atom. The molecule has 1 aliphatic rings. The lowest BCUT2D eigenvalue weighted by Crippen LogP contribution is -2.34. The number of carbonyl (C=O) groups excluding carboxylic acids is 1. The molecule has 3 aromatic carbocycles. The smallest absolute Gasteiger partial charge is 0.220 e. The van der Waals surface area contributed by atoms with Crippen molar-refractivity contribution in [2.75, 3.05) is 33.3 Å². The molecule has 0 aliphatic carbocycles. The van der Waals surface area contributed by atoms with Crippen LogP contribution in [-0.4, -0.2) is 48.7 Å². The van der Waals surface area contributed by atoms with Gasteiger partial charge in [-0.2, -0.15) is 0 Å². The van der Waals surface area contributed by atoms with Gasteiger partial charge in [0.25, 0.3) is 0 Å². The van der Waals surface area contributed by atoms with Crippen LogP contribution in [0.5, 0.6) is 5.75 Å². The van der Waals surface area contributed by atoms with E-state index in [-0.39, 0.29) is 17.6 Å². The van der Waals surface area contributed by atoms with Gasteiger partial charge in [0, 0.05) is 49.1 Å². The fraction of sp³-hybridized carbons (Fsp3) is 0.323. The van der Waals surface area contributed by atoms with E-state index in [1.807, 2.05) is 48.5 Å². The molecule has 192 valence electrons. The molecule has 37 heavy (non-hydrogen) atoms. The van der Waals surface area contributed by atoms with Crippen LogP contribution in [0.4, 0.5) is 4.39 Å². The van der Waals surface area contributed by atoms with Crippen LogP contribution in [0.2, 0.25) is 0 Å². The highest BCUT2D eigenvalue weighted by molar-refractivity contribution is 5.86. The number of likely N-dealkylation sites (tertiary alicyclic amines) is 1. The summed E-state index contributed by atoms with van der Waals surface area (Å²) < 4.78 is 21.0. The Morgan fingerprint density at radius 3 is 2.46 bits per heavy atom. The molecule has 0 saturated carbocycles. The van der Waals surface area contributed by atoms with Crippen LogP contribution < -0.4 is 10.1 Å². The third kappa shape index (κ3) is 6.03. The highest BCUT2D eigenvalue weighted by Crippen LogP contribution is 2.35. The predicted octanol–water partition coefficient (Wildman–Crippen LogP) is 5.57. The maximum atomic E-state index is 13.5. The molecule has 1 N–H and O–H groups in total. The first-order chi connectivity index (χ1) is 18.1. The maximum Gasteiger partial charge on any atom is 0.220 e. The number of methoxy groups -OCH3 is 1. The quantitative estimate of drug-likeness (QED) is 0.310. The second kappa shape index (κ2) is 11.6. The molecule has 1 atom stereocenters. The van der Waals surface area contributed by atoms with Crippen molar-refractivity contribution in [1.82, 2.24) is 14.8 Å². The van der Waals surface area contributed by atoms with Crippen LogP contribution in [0.3, 0.4) is 0 Å². The van der Waals surface area contributed by atoms with Crippen molar-refractivity contribution in [3.8, 4) is 5.75 Å². The van der Waals surface area contributed by atoms with Crippen LogP contribution in [-0.2, 0) is 11.3 Å². The number of halogens is 1. The van der Waals surface area contributed by atoms with E-state index in [1.165, 1.54) is 25.0 Å². The van der Waals surface area contributed by atoms with Gasteiger partial charge in [0.15, 0.2) is 0 Å². The van der Waals surface area contributed by atoms with Gasteiger partial charge < -0.3 is 19.5 Å². The molecule has 1 fully saturated rings. The van der Waals surface area contributed by atoms with E-state index in [0.717, 1.165) is 53.0 Å². The minimum atomic E-state index is -0.239. The summed E-state index contributed by atoms with van der Waals surface area (Å²) in [7, 11) is 1.66. The van der Waals surface area contributed by atoms with Crippen LogP contribution in [0.15, 0.2) is 79.0 Å². The van der Waals surface area contributed by atoms with Crippen molar-refractivity contribution < 1.29 is 13.9 Å². The largest absolute Gasteiger partial charge is 0.497 e. The molecule has 5 rings (SSSR count). The molecule has 2 heterocycles. The van der Waals surface area contributed by atoms with Gasteiger partial charge in [-0.3, -0.25) is 4.79 Å². The number of ether oxygens (including phenoxy) is 1. The lowest BCUT2D eigenvalue weighted by Gasteiger charge is -2.19. The molecule has 1 unspecified atom stereocenters. The van der Waals surface area contributed by atoms with Crippen molar-refractivity contribution >= 4 is 16.8 Å². The van der Waals surface area contributed by atoms with Crippen molar-refractivity contribution in [3.63, 3.8) is 0 Å². The van der Waals surface area contributed by atoms with E-state index in [4.69, 9.17) is 4.74 Å². The normalized spacial score (nSPS) is 14.6. The fourth-order valence-corrected chi connectivity index (χ4v) is 5.33. The van der Waals surface area contributed by atoms with E-state index < -0.39 is 0 Å². The summed E-state index contributed by atoms with van der Waals surface area (Å²) in [6.45, 7) is 4.43. The second-order valence-corrected chi connectivity index (χ2v) is 9.78. The van der Waals surface area contributed by atoms with Crippen molar-refractivity contribution in [2.24, 2.45) is 0 Å². The van der Waals surface area contributed by atoms with E-state index in [9.17, 15) is 9.18 Å². The Morgan fingerprint density at radius 2 is 1.73 bits per heavy atom. The summed E-state index contributed by atoms with van der Waals surface area (Å²) in [5, 5.41) is 4.28. The molecular weight excluding hydrogens is 465 g/mol. The van der Waals surface area contributed by atoms with E-state index in [1.54, 1.807) is 7.11 Å². The molecule has 1 aliphatic heterocycles. The average molecular weight is 500 g/mol. The molecule has 1 aromatic heterocycles. The molecule has 0 radical (unpaired) electrons. The number of hydrogen-bond donors (Lipinski definition) is 1. The summed E-state index contributed by atoms with van der Waals surface area (Å²) in [6, 6.07) is 22.9. The first-order valence-corrected chi connectivity index (χ1v) is 13.1. The lowest BCUT2D eigenvalue weighted by atomic mass is 9.88. The van der Waals surface area contributed by atoms with Gasteiger partial charge in [0.2, 0.25) is 5.91 Å². The summed E-state index contributed by atoms with van der Waals surface area (Å²) in [5.41, 5.74) is 4.29. The van der Waals surface area contributed by atoms with Crippen LogP contribution >= 0.6 is 0 Å². The zero-order chi connectivity index (χ0) is 25.6. The van der Waals surface area contributed by atoms with Gasteiger partial charge in [0.05, 0.1) is 7.11 Å². The number of hydrogen-bond acceptors (Lipinski definition) is 3. The van der Waals surface area contributed by atoms with E-state index in [0.29, 0.717) is 19.5 Å². The minimum absolute atomic E-state index is 0.0513. The van der Waals surface area contributed by atoms with Crippen molar-refractivity contribution in [1.29, 1.82) is 0 Å². The summed E-state index contributed by atoms with van der Waals surface area (Å²) in [4.78, 5) is 15.6. The average Bonchev–Trinajstić information content (AvgIpc) is 3.57. The zero-order valence-electron chi connectivity index (χ0n) is 21.3. The fourth-order valence-electron chi connectivity index (χ4n) is 5.33. The second-order valence-electron chi connectivity index (χ2n) is 9.78. The van der Waals surface area contributed by atoms with Crippen LogP contribution in [0.25, 0.3) is 10.9 Å². The Kier molecular flexibility index (Phi) is 7.85. The Hall–Kier alpha value is -3.64. The van der Waals surface area contributed by atoms with Gasteiger partial charge in [-0.25, -0.2) is 4.39 Å². The lowest BCUT2D eigenvalue weighted by molar-refractivity contribution is -0.121. The van der Waals surface area contributed by atoms with Gasteiger partial charge in [0.1, 0.15) is 11.6 Å². The maximum absolute atomic E-state index is 13.5. The zero-order valence-corrected chi connectivity index (χ0v) is 21.3. The number of amides is 1. The Balaban J connectivity index is 1.44. The molecule has 0 bridgehead atoms. The number of carbonyl (C=O) groups is 1. The van der Waals surface area contributed by atoms with Gasteiger partial charge in [-0.15, -0.1) is 0 Å². The number of nitrogens with zero attached hydrogens (tertiary/aromatic N) is 2. The van der Waals surface area contributed by atoms with E-state index >= 15 is 0 Å². The number of fused-ring (bicyclic) bond motifs is 1. The summed E-state index contributed by atoms with van der Waals surface area (Å²) in [6.07, 6.45) is 5.00. The number of nitrogens with one attached hydrogen (secondary N) is 1. The van der Waals surface area contributed by atoms with Crippen LogP contribution in [0.1, 0.15) is 41.9 Å². The monoisotopic (exact) mass is 499 g/mol. The van der Waals surface area contributed by atoms with Crippen molar-refractivity contribution in [2.45, 2.75) is 31.7 Å². The molecule has 5 nitrogen and oxygen atoms in total. The number of rotatable bonds is 10. The van der Waals surface area contributed by atoms with Crippen molar-refractivity contribution in [3.05, 3.63) is 102 Å². The third-order valence-corrected chi connectivity index (χ3v) is 7.32. The highest BCUT2D eigenvalue weighted by atomic mass is 19.1. The van der Waals surface area contributed by atoms with Gasteiger partial charge in [-0.05, 0) is 73.0 Å². The molecule has 1 saturated heterocycles. The SMILES string of the molecule is COc1ccc(C(CC(=O)NCCN2CCCC2)c2cn(Cc3ccc(F)cc3)c3ccccc23)cc1. The molecule has 1 amide bonds. The molecule has 0 spiro atoms. The summed E-state index contributed by atoms with van der Waals surface area (Å²) in [5.74, 6) is 0.487. The molecule has 6 heteroatoms. The number of benzene rings is 3. The van der Waals surface area contributed by atoms with Gasteiger partial charge in [-0.1, -0.05) is 42.5 Å². The molecule has 4 aromatic rings. The predicted molar refractivity (Wildman–Crippen MR) is 146 cm³/mol. The first-order valence-electron chi connectivity index (χ1n) is 13.1.